The number of ether oxygens (including phenoxy) is 2. The molecule has 2 aliphatic carbocycles. The highest BCUT2D eigenvalue weighted by molar-refractivity contribution is 5.75. The van der Waals surface area contributed by atoms with Gasteiger partial charge >= 0.3 is 5.97 Å². The zero-order valence-corrected chi connectivity index (χ0v) is 23.3. The zero-order valence-electron chi connectivity index (χ0n) is 23.3. The largest absolute Gasteiger partial charge is 0.478 e. The van der Waals surface area contributed by atoms with Crippen LogP contribution in [0, 0.1) is 38.5 Å². The van der Waals surface area contributed by atoms with Crippen molar-refractivity contribution in [2.24, 2.45) is 17.8 Å². The van der Waals surface area contributed by atoms with Crippen LogP contribution in [-0.4, -0.2) is 51.8 Å². The van der Waals surface area contributed by atoms with Crippen molar-refractivity contribution in [1.82, 2.24) is 0 Å². The molecule has 0 bridgehead atoms. The van der Waals surface area contributed by atoms with Crippen LogP contribution in [0.3, 0.4) is 0 Å². The first-order valence-corrected chi connectivity index (χ1v) is 13.9. The summed E-state index contributed by atoms with van der Waals surface area (Å²) in [6.45, 7) is 12.0. The van der Waals surface area contributed by atoms with Gasteiger partial charge in [-0.1, -0.05) is 56.7 Å². The molecule has 8 atom stereocenters. The number of hydrogen-bond donors (Lipinski definition) is 3. The van der Waals surface area contributed by atoms with Gasteiger partial charge in [0, 0.05) is 12.3 Å². The molecule has 0 amide bonds. The molecule has 3 N–H and O–H groups in total. The van der Waals surface area contributed by atoms with Crippen LogP contribution in [0.15, 0.2) is 35.9 Å². The average Bonchev–Trinajstić information content (AvgIpc) is 2.82. The SMILES string of the molecule is CCC(Oc1c(C)cc(C)cc1C)C(=O)O[C@H]1C[C@H](O)C=C2C=C[C@H](C)[C@H](CC[C@@H](O)C[C@H](O)CC)[C@H]21. The molecule has 0 radical (unpaired) electrons. The van der Waals surface area contributed by atoms with Gasteiger partial charge in [-0.25, -0.2) is 4.79 Å². The number of aliphatic hydroxyl groups is 3. The fourth-order valence-electron chi connectivity index (χ4n) is 5.99. The lowest BCUT2D eigenvalue weighted by Gasteiger charge is -2.43. The molecule has 2 aliphatic rings. The Kier molecular flexibility index (Phi) is 10.4. The van der Waals surface area contributed by atoms with E-state index in [-0.39, 0.29) is 17.8 Å². The van der Waals surface area contributed by atoms with Crippen LogP contribution in [0.25, 0.3) is 0 Å². The minimum absolute atomic E-state index is 0.0593. The molecular formula is C31H46O6. The zero-order chi connectivity index (χ0) is 27.3. The third kappa shape index (κ3) is 7.46. The number of carbonyl (C=O) groups excluding carboxylic acids is 1. The van der Waals surface area contributed by atoms with Crippen LogP contribution < -0.4 is 4.74 Å². The van der Waals surface area contributed by atoms with Gasteiger partial charge in [-0.2, -0.15) is 0 Å². The number of esters is 1. The molecule has 1 aromatic rings. The van der Waals surface area contributed by atoms with Gasteiger partial charge in [0.25, 0.3) is 0 Å². The van der Waals surface area contributed by atoms with Crippen molar-refractivity contribution in [2.75, 3.05) is 0 Å². The van der Waals surface area contributed by atoms with E-state index < -0.39 is 36.5 Å². The number of hydrogen-bond acceptors (Lipinski definition) is 6. The van der Waals surface area contributed by atoms with Gasteiger partial charge < -0.3 is 24.8 Å². The van der Waals surface area contributed by atoms with Gasteiger partial charge in [0.15, 0.2) is 6.10 Å². The van der Waals surface area contributed by atoms with Crippen LogP contribution >= 0.6 is 0 Å². The highest BCUT2D eigenvalue weighted by atomic mass is 16.6. The van der Waals surface area contributed by atoms with Gasteiger partial charge in [0.1, 0.15) is 11.9 Å². The van der Waals surface area contributed by atoms with Crippen LogP contribution in [0.4, 0.5) is 0 Å². The van der Waals surface area contributed by atoms with Crippen molar-refractivity contribution in [3.63, 3.8) is 0 Å². The second-order valence-electron chi connectivity index (χ2n) is 11.1. The summed E-state index contributed by atoms with van der Waals surface area (Å²) in [6, 6.07) is 4.09. The lowest BCUT2D eigenvalue weighted by molar-refractivity contribution is -0.163. The quantitative estimate of drug-likeness (QED) is 0.355. The van der Waals surface area contributed by atoms with Crippen LogP contribution in [0.5, 0.6) is 5.75 Å². The Labute approximate surface area is 222 Å². The van der Waals surface area contributed by atoms with Crippen LogP contribution in [0.1, 0.15) is 76.0 Å². The Morgan fingerprint density at radius 3 is 2.38 bits per heavy atom. The van der Waals surface area contributed by atoms with Gasteiger partial charge in [0.05, 0.1) is 18.3 Å². The topological polar surface area (TPSA) is 96.2 Å². The minimum Gasteiger partial charge on any atom is -0.478 e. The molecule has 0 aromatic heterocycles. The summed E-state index contributed by atoms with van der Waals surface area (Å²) < 4.78 is 12.3. The number of rotatable bonds is 11. The van der Waals surface area contributed by atoms with Gasteiger partial charge in [-0.05, 0) is 81.4 Å². The number of aryl methyl sites for hydroxylation is 3. The molecule has 37 heavy (non-hydrogen) atoms. The molecule has 1 unspecified atom stereocenters. The molecule has 0 saturated carbocycles. The number of aliphatic hydroxyl groups excluding tert-OH is 3. The normalized spacial score (nSPS) is 27.6. The Bertz CT molecular complexity index is 959. The summed E-state index contributed by atoms with van der Waals surface area (Å²) >= 11 is 0. The number of fused-ring (bicyclic) bond motifs is 1. The molecule has 206 valence electrons. The lowest BCUT2D eigenvalue weighted by Crippen LogP contribution is -2.44. The molecule has 0 spiro atoms. The Hall–Kier alpha value is -2.15. The summed E-state index contributed by atoms with van der Waals surface area (Å²) in [6.07, 6.45) is 6.18. The first-order chi connectivity index (χ1) is 17.5. The second-order valence-corrected chi connectivity index (χ2v) is 11.1. The molecule has 3 rings (SSSR count). The van der Waals surface area contributed by atoms with Crippen molar-refractivity contribution in [2.45, 2.75) is 111 Å². The summed E-state index contributed by atoms with van der Waals surface area (Å²) in [7, 11) is 0. The minimum atomic E-state index is -0.737. The maximum Gasteiger partial charge on any atom is 0.347 e. The highest BCUT2D eigenvalue weighted by Gasteiger charge is 2.42. The molecule has 0 fully saturated rings. The number of carbonyl (C=O) groups is 1. The van der Waals surface area contributed by atoms with Crippen molar-refractivity contribution in [1.29, 1.82) is 0 Å². The Balaban J connectivity index is 1.76. The predicted molar refractivity (Wildman–Crippen MR) is 145 cm³/mol. The predicted octanol–water partition coefficient (Wildman–Crippen LogP) is 5.11. The van der Waals surface area contributed by atoms with Gasteiger partial charge in [0.2, 0.25) is 0 Å². The summed E-state index contributed by atoms with van der Waals surface area (Å²) in [5.74, 6) is 0.632. The van der Waals surface area contributed by atoms with E-state index in [1.54, 1.807) is 0 Å². The maximum absolute atomic E-state index is 13.4. The van der Waals surface area contributed by atoms with E-state index in [9.17, 15) is 20.1 Å². The smallest absolute Gasteiger partial charge is 0.347 e. The summed E-state index contributed by atoms with van der Waals surface area (Å²) in [5.41, 5.74) is 4.11. The van der Waals surface area contributed by atoms with Crippen molar-refractivity contribution < 1.29 is 29.6 Å². The Morgan fingerprint density at radius 1 is 1.08 bits per heavy atom. The molecule has 6 heteroatoms. The molecule has 6 nitrogen and oxygen atoms in total. The van der Waals surface area contributed by atoms with Crippen LogP contribution in [-0.2, 0) is 9.53 Å². The molecule has 1 aromatic carbocycles. The van der Waals surface area contributed by atoms with E-state index in [4.69, 9.17) is 9.47 Å². The summed E-state index contributed by atoms with van der Waals surface area (Å²) in [4.78, 5) is 13.4. The Morgan fingerprint density at radius 2 is 1.76 bits per heavy atom. The average molecular weight is 515 g/mol. The standard InChI is InChI=1S/C31H46O6/c1-7-23(32)16-24(33)11-12-26-19(4)9-10-22-15-25(34)17-28(29(22)26)37-31(35)27(8-2)36-30-20(5)13-18(3)14-21(30)6/h9-10,13-15,19,23-29,32-34H,7-8,11-12,16-17H2,1-6H3/t19-,23+,24+,25+,26-,27?,28-,29-/m0/s1. The first kappa shape index (κ1) is 29.4. The van der Waals surface area contributed by atoms with Gasteiger partial charge in [-0.3, -0.25) is 0 Å². The third-order valence-corrected chi connectivity index (χ3v) is 7.99. The first-order valence-electron chi connectivity index (χ1n) is 13.9. The van der Waals surface area contributed by atoms with Crippen molar-refractivity contribution >= 4 is 5.97 Å². The molecule has 0 heterocycles. The van der Waals surface area contributed by atoms with E-state index in [0.29, 0.717) is 37.9 Å². The maximum atomic E-state index is 13.4. The second kappa shape index (κ2) is 13.1. The number of benzene rings is 1. The van der Waals surface area contributed by atoms with Crippen LogP contribution in [0.2, 0.25) is 0 Å². The lowest BCUT2D eigenvalue weighted by atomic mass is 9.66. The molecular weight excluding hydrogens is 468 g/mol. The molecule has 0 aliphatic heterocycles. The van der Waals surface area contributed by atoms with E-state index >= 15 is 0 Å². The monoisotopic (exact) mass is 514 g/mol. The van der Waals surface area contributed by atoms with Crippen molar-refractivity contribution in [3.05, 3.63) is 52.6 Å². The van der Waals surface area contributed by atoms with Gasteiger partial charge in [-0.15, -0.1) is 0 Å². The summed E-state index contributed by atoms with van der Waals surface area (Å²) in [5, 5.41) is 31.0. The van der Waals surface area contributed by atoms with Crippen molar-refractivity contribution in [3.8, 4) is 5.75 Å². The third-order valence-electron chi connectivity index (χ3n) is 7.99. The fourth-order valence-corrected chi connectivity index (χ4v) is 5.99. The van der Waals surface area contributed by atoms with E-state index in [2.05, 4.69) is 13.0 Å². The van der Waals surface area contributed by atoms with E-state index in [0.717, 1.165) is 28.7 Å². The molecule has 0 saturated heterocycles. The fraction of sp³-hybridized carbons (Fsp3) is 0.645. The van der Waals surface area contributed by atoms with E-state index in [1.165, 1.54) is 0 Å². The van der Waals surface area contributed by atoms with E-state index in [1.807, 2.05) is 58.9 Å². The number of allylic oxidation sites excluding steroid dienone is 2. The highest BCUT2D eigenvalue weighted by Crippen LogP contribution is 2.44.